The summed E-state index contributed by atoms with van der Waals surface area (Å²) in [6.45, 7) is 4.07. The minimum absolute atomic E-state index is 0.726. The second-order valence-electron chi connectivity index (χ2n) is 2.71. The number of halogens is 1. The summed E-state index contributed by atoms with van der Waals surface area (Å²) in [4.78, 5) is 0. The van der Waals surface area contributed by atoms with Crippen molar-refractivity contribution in [2.45, 2.75) is 26.7 Å². The molecule has 0 atom stereocenters. The Hall–Kier alpha value is -0.500. The number of hydrogen-bond acceptors (Lipinski definition) is 1. The summed E-state index contributed by atoms with van der Waals surface area (Å²) in [6, 6.07) is 0. The van der Waals surface area contributed by atoms with Gasteiger partial charge in [-0.25, -0.2) is 0 Å². The molecule has 0 saturated carbocycles. The Balaban J connectivity index is 2.67. The van der Waals surface area contributed by atoms with Crippen LogP contribution in [-0.2, 0) is 6.42 Å². The monoisotopic (exact) mass is 172 g/mol. The second kappa shape index (κ2) is 3.77. The summed E-state index contributed by atoms with van der Waals surface area (Å²) >= 11 is 5.59. The van der Waals surface area contributed by atoms with Crippen LogP contribution in [0.3, 0.4) is 0 Å². The predicted molar refractivity (Wildman–Crippen MR) is 47.1 cm³/mol. The average Bonchev–Trinajstić information content (AvgIpc) is 2.29. The van der Waals surface area contributed by atoms with E-state index in [1.165, 1.54) is 11.3 Å². The van der Waals surface area contributed by atoms with Crippen LogP contribution in [0.25, 0.3) is 0 Å². The van der Waals surface area contributed by atoms with Gasteiger partial charge in [0.2, 0.25) is 0 Å². The molecule has 0 fully saturated rings. The molecule has 0 amide bonds. The number of nitrogens with one attached hydrogen (secondary N) is 1. The van der Waals surface area contributed by atoms with Gasteiger partial charge in [0.15, 0.2) is 0 Å². The maximum Gasteiger partial charge on any atom is 0.0625 e. The van der Waals surface area contributed by atoms with Gasteiger partial charge in [0.25, 0.3) is 0 Å². The highest BCUT2D eigenvalue weighted by Crippen LogP contribution is 2.11. The van der Waals surface area contributed by atoms with Crippen LogP contribution >= 0.6 is 11.6 Å². The van der Waals surface area contributed by atoms with Crippen LogP contribution in [0.15, 0.2) is 0 Å². The SMILES string of the molecule is Cc1n[nH]c(C)c1CCCCl. The zero-order valence-corrected chi connectivity index (χ0v) is 7.70. The lowest BCUT2D eigenvalue weighted by atomic mass is 10.1. The molecule has 1 rings (SSSR count). The van der Waals surface area contributed by atoms with Gasteiger partial charge in [-0.3, -0.25) is 5.10 Å². The summed E-state index contributed by atoms with van der Waals surface area (Å²) < 4.78 is 0. The molecule has 0 aliphatic rings. The summed E-state index contributed by atoms with van der Waals surface area (Å²) in [5.41, 5.74) is 3.60. The van der Waals surface area contributed by atoms with Gasteiger partial charge in [0.05, 0.1) is 5.69 Å². The molecule has 3 heteroatoms. The third-order valence-electron chi connectivity index (χ3n) is 1.84. The lowest BCUT2D eigenvalue weighted by Crippen LogP contribution is -1.89. The molecular formula is C8H13ClN2. The van der Waals surface area contributed by atoms with Crippen molar-refractivity contribution in [3.63, 3.8) is 0 Å². The number of H-pyrrole nitrogens is 1. The summed E-state index contributed by atoms with van der Waals surface area (Å²) in [7, 11) is 0. The van der Waals surface area contributed by atoms with E-state index in [1.807, 2.05) is 13.8 Å². The largest absolute Gasteiger partial charge is 0.282 e. The molecule has 0 bridgehead atoms. The zero-order valence-electron chi connectivity index (χ0n) is 6.95. The fourth-order valence-corrected chi connectivity index (χ4v) is 1.32. The van der Waals surface area contributed by atoms with Crippen molar-refractivity contribution in [2.75, 3.05) is 5.88 Å². The molecule has 0 unspecified atom stereocenters. The van der Waals surface area contributed by atoms with E-state index in [1.54, 1.807) is 0 Å². The Morgan fingerprint density at radius 2 is 2.18 bits per heavy atom. The smallest absolute Gasteiger partial charge is 0.0625 e. The normalized spacial score (nSPS) is 10.5. The van der Waals surface area contributed by atoms with E-state index in [9.17, 15) is 0 Å². The number of aryl methyl sites for hydroxylation is 2. The van der Waals surface area contributed by atoms with Crippen molar-refractivity contribution in [3.8, 4) is 0 Å². The van der Waals surface area contributed by atoms with Gasteiger partial charge in [-0.15, -0.1) is 11.6 Å². The number of hydrogen-bond donors (Lipinski definition) is 1. The van der Waals surface area contributed by atoms with Crippen LogP contribution in [0.4, 0.5) is 0 Å². The number of alkyl halides is 1. The van der Waals surface area contributed by atoms with Crippen molar-refractivity contribution in [3.05, 3.63) is 17.0 Å². The number of rotatable bonds is 3. The van der Waals surface area contributed by atoms with E-state index < -0.39 is 0 Å². The molecule has 11 heavy (non-hydrogen) atoms. The highest BCUT2D eigenvalue weighted by atomic mass is 35.5. The Labute approximate surface area is 72.0 Å². The highest BCUT2D eigenvalue weighted by Gasteiger charge is 2.04. The third kappa shape index (κ3) is 1.96. The van der Waals surface area contributed by atoms with Gasteiger partial charge in [-0.05, 0) is 32.3 Å². The fourth-order valence-electron chi connectivity index (χ4n) is 1.19. The Morgan fingerprint density at radius 3 is 2.64 bits per heavy atom. The first kappa shape index (κ1) is 8.60. The average molecular weight is 173 g/mol. The fraction of sp³-hybridized carbons (Fsp3) is 0.625. The van der Waals surface area contributed by atoms with Crippen LogP contribution in [-0.4, -0.2) is 16.1 Å². The van der Waals surface area contributed by atoms with Crippen LogP contribution in [0, 0.1) is 13.8 Å². The summed E-state index contributed by atoms with van der Waals surface area (Å²) in [5, 5.41) is 7.05. The Bertz CT molecular complexity index is 210. The van der Waals surface area contributed by atoms with Gasteiger partial charge >= 0.3 is 0 Å². The van der Waals surface area contributed by atoms with Gasteiger partial charge in [0.1, 0.15) is 0 Å². The van der Waals surface area contributed by atoms with E-state index in [4.69, 9.17) is 11.6 Å². The molecule has 1 aromatic heterocycles. The first-order valence-electron chi connectivity index (χ1n) is 3.82. The third-order valence-corrected chi connectivity index (χ3v) is 2.11. The summed E-state index contributed by atoms with van der Waals surface area (Å²) in [6.07, 6.45) is 2.07. The van der Waals surface area contributed by atoms with Gasteiger partial charge in [-0.2, -0.15) is 5.10 Å². The van der Waals surface area contributed by atoms with Gasteiger partial charge in [0, 0.05) is 11.6 Å². The van der Waals surface area contributed by atoms with E-state index in [-0.39, 0.29) is 0 Å². The minimum Gasteiger partial charge on any atom is -0.282 e. The predicted octanol–water partition coefficient (Wildman–Crippen LogP) is 2.20. The second-order valence-corrected chi connectivity index (χ2v) is 3.08. The molecule has 1 aromatic rings. The molecule has 2 nitrogen and oxygen atoms in total. The molecule has 0 aliphatic heterocycles. The summed E-state index contributed by atoms with van der Waals surface area (Å²) in [5.74, 6) is 0.726. The van der Waals surface area contributed by atoms with Crippen LogP contribution < -0.4 is 0 Å². The van der Waals surface area contributed by atoms with E-state index in [0.29, 0.717) is 0 Å². The molecule has 1 heterocycles. The Morgan fingerprint density at radius 1 is 1.45 bits per heavy atom. The minimum atomic E-state index is 0.726. The number of aromatic amines is 1. The van der Waals surface area contributed by atoms with Gasteiger partial charge in [-0.1, -0.05) is 0 Å². The number of aromatic nitrogens is 2. The molecule has 62 valence electrons. The molecule has 0 radical (unpaired) electrons. The van der Waals surface area contributed by atoms with Crippen molar-refractivity contribution < 1.29 is 0 Å². The van der Waals surface area contributed by atoms with Crippen LogP contribution in [0.2, 0.25) is 0 Å². The first-order chi connectivity index (χ1) is 5.25. The standard InChI is InChI=1S/C8H13ClN2/c1-6-8(4-3-5-9)7(2)11-10-6/h3-5H2,1-2H3,(H,10,11). The molecule has 0 aromatic carbocycles. The molecule has 0 saturated heterocycles. The van der Waals surface area contributed by atoms with Crippen molar-refractivity contribution in [1.29, 1.82) is 0 Å². The Kier molecular flexibility index (Phi) is 2.94. The van der Waals surface area contributed by atoms with Gasteiger partial charge < -0.3 is 0 Å². The maximum absolute atomic E-state index is 5.59. The molecule has 0 aliphatic carbocycles. The number of nitrogens with zero attached hydrogens (tertiary/aromatic N) is 1. The molecule has 1 N–H and O–H groups in total. The zero-order chi connectivity index (χ0) is 8.27. The molecular weight excluding hydrogens is 160 g/mol. The topological polar surface area (TPSA) is 28.7 Å². The lowest BCUT2D eigenvalue weighted by molar-refractivity contribution is 0.911. The van der Waals surface area contributed by atoms with Crippen LogP contribution in [0.1, 0.15) is 23.4 Å². The quantitative estimate of drug-likeness (QED) is 0.696. The van der Waals surface area contributed by atoms with Crippen LogP contribution in [0.5, 0.6) is 0 Å². The van der Waals surface area contributed by atoms with E-state index in [0.717, 1.165) is 24.4 Å². The maximum atomic E-state index is 5.59. The van der Waals surface area contributed by atoms with Crippen molar-refractivity contribution in [2.24, 2.45) is 0 Å². The molecule has 0 spiro atoms. The van der Waals surface area contributed by atoms with E-state index in [2.05, 4.69) is 10.2 Å². The highest BCUT2D eigenvalue weighted by molar-refractivity contribution is 6.17. The van der Waals surface area contributed by atoms with Crippen molar-refractivity contribution >= 4 is 11.6 Å². The lowest BCUT2D eigenvalue weighted by Gasteiger charge is -1.96. The first-order valence-corrected chi connectivity index (χ1v) is 4.35. The van der Waals surface area contributed by atoms with Crippen molar-refractivity contribution in [1.82, 2.24) is 10.2 Å². The van der Waals surface area contributed by atoms with E-state index >= 15 is 0 Å².